The number of hydrogen-bond acceptors (Lipinski definition) is 3. The molecule has 19 heavy (non-hydrogen) atoms. The Bertz CT molecular complexity index is 181. The van der Waals surface area contributed by atoms with E-state index >= 15 is 0 Å². The summed E-state index contributed by atoms with van der Waals surface area (Å²) in [5, 5.41) is 0. The molecule has 0 atom stereocenters. The van der Waals surface area contributed by atoms with Gasteiger partial charge in [0.1, 0.15) is 0 Å². The van der Waals surface area contributed by atoms with E-state index in [9.17, 15) is 0 Å². The smallest absolute Gasteiger partial charge is 0.0594 e. The van der Waals surface area contributed by atoms with Crippen molar-refractivity contribution in [1.29, 1.82) is 0 Å². The fraction of sp³-hybridized carbons (Fsp3) is 1.00. The molecule has 0 amide bonds. The maximum absolute atomic E-state index is 5.29. The van der Waals surface area contributed by atoms with E-state index < -0.39 is 0 Å². The third kappa shape index (κ3) is 14.1. The van der Waals surface area contributed by atoms with Crippen molar-refractivity contribution in [1.82, 2.24) is 9.80 Å². The van der Waals surface area contributed by atoms with Crippen molar-refractivity contribution in [2.45, 2.75) is 40.5 Å². The predicted octanol–water partition coefficient (Wildman–Crippen LogP) is 2.96. The standard InChI is InChI=1S/C10H21NO.C6H15N/c1-10(2)4-3-5-11-6-8-12-9-7-11;1-6(2)5-7(3)4/h10H,3-9H2,1-2H3;6H,5H2,1-4H3. The highest BCUT2D eigenvalue weighted by Crippen LogP contribution is 2.05. The van der Waals surface area contributed by atoms with Gasteiger partial charge in [-0.25, -0.2) is 0 Å². The predicted molar refractivity (Wildman–Crippen MR) is 84.7 cm³/mol. The van der Waals surface area contributed by atoms with Gasteiger partial charge in [0.15, 0.2) is 0 Å². The zero-order valence-corrected chi connectivity index (χ0v) is 14.1. The highest BCUT2D eigenvalue weighted by molar-refractivity contribution is 4.61. The molecule has 0 aromatic rings. The summed E-state index contributed by atoms with van der Waals surface area (Å²) in [6, 6.07) is 0. The second kappa shape index (κ2) is 11.7. The van der Waals surface area contributed by atoms with Gasteiger partial charge in [0, 0.05) is 13.1 Å². The van der Waals surface area contributed by atoms with Gasteiger partial charge in [-0.15, -0.1) is 0 Å². The molecule has 3 nitrogen and oxygen atoms in total. The van der Waals surface area contributed by atoms with Crippen molar-refractivity contribution < 1.29 is 4.74 Å². The average molecular weight is 272 g/mol. The Morgan fingerprint density at radius 2 is 1.58 bits per heavy atom. The monoisotopic (exact) mass is 272 g/mol. The number of rotatable bonds is 6. The first-order valence-electron chi connectivity index (χ1n) is 7.86. The van der Waals surface area contributed by atoms with Crippen LogP contribution in [0.2, 0.25) is 0 Å². The van der Waals surface area contributed by atoms with Crippen LogP contribution in [0.25, 0.3) is 0 Å². The molecule has 0 unspecified atom stereocenters. The van der Waals surface area contributed by atoms with E-state index in [1.807, 2.05) is 0 Å². The molecule has 1 saturated heterocycles. The normalized spacial score (nSPS) is 16.9. The first-order valence-corrected chi connectivity index (χ1v) is 7.86. The van der Waals surface area contributed by atoms with E-state index in [2.05, 4.69) is 51.6 Å². The van der Waals surface area contributed by atoms with E-state index in [1.165, 1.54) is 25.9 Å². The zero-order valence-electron chi connectivity index (χ0n) is 14.1. The highest BCUT2D eigenvalue weighted by atomic mass is 16.5. The lowest BCUT2D eigenvalue weighted by Gasteiger charge is -2.26. The summed E-state index contributed by atoms with van der Waals surface area (Å²) >= 11 is 0. The van der Waals surface area contributed by atoms with Crippen LogP contribution in [0.5, 0.6) is 0 Å². The minimum atomic E-state index is 0.801. The van der Waals surface area contributed by atoms with Gasteiger partial charge in [-0.05, 0) is 51.9 Å². The summed E-state index contributed by atoms with van der Waals surface area (Å²) in [6.07, 6.45) is 2.70. The number of ether oxygens (including phenoxy) is 1. The Hall–Kier alpha value is -0.120. The minimum Gasteiger partial charge on any atom is -0.379 e. The molecule has 0 aromatic carbocycles. The van der Waals surface area contributed by atoms with Gasteiger partial charge in [0.05, 0.1) is 13.2 Å². The summed E-state index contributed by atoms with van der Waals surface area (Å²) in [4.78, 5) is 4.70. The van der Waals surface area contributed by atoms with Crippen LogP contribution >= 0.6 is 0 Å². The van der Waals surface area contributed by atoms with Crippen molar-refractivity contribution in [2.24, 2.45) is 11.8 Å². The third-order valence-corrected chi connectivity index (χ3v) is 3.09. The molecule has 0 saturated carbocycles. The maximum atomic E-state index is 5.29. The van der Waals surface area contributed by atoms with Crippen LogP contribution in [-0.2, 0) is 4.74 Å². The molecule has 0 spiro atoms. The van der Waals surface area contributed by atoms with Crippen LogP contribution in [0, 0.1) is 11.8 Å². The molecule has 0 N–H and O–H groups in total. The Labute approximate surface area is 121 Å². The summed E-state index contributed by atoms with van der Waals surface area (Å²) < 4.78 is 5.29. The van der Waals surface area contributed by atoms with Gasteiger partial charge in [-0.1, -0.05) is 27.7 Å². The van der Waals surface area contributed by atoms with Crippen molar-refractivity contribution in [2.75, 3.05) is 53.5 Å². The molecule has 0 bridgehead atoms. The fourth-order valence-electron chi connectivity index (χ4n) is 2.28. The van der Waals surface area contributed by atoms with Crippen LogP contribution in [0.4, 0.5) is 0 Å². The lowest BCUT2D eigenvalue weighted by Crippen LogP contribution is -2.36. The molecule has 3 heteroatoms. The quantitative estimate of drug-likeness (QED) is 0.739. The van der Waals surface area contributed by atoms with Crippen molar-refractivity contribution in [3.63, 3.8) is 0 Å². The topological polar surface area (TPSA) is 15.7 Å². The lowest BCUT2D eigenvalue weighted by molar-refractivity contribution is 0.0368. The second-order valence-corrected chi connectivity index (χ2v) is 6.65. The van der Waals surface area contributed by atoms with Crippen molar-refractivity contribution in [3.05, 3.63) is 0 Å². The molecule has 1 aliphatic heterocycles. The van der Waals surface area contributed by atoms with Gasteiger partial charge >= 0.3 is 0 Å². The largest absolute Gasteiger partial charge is 0.379 e. The minimum absolute atomic E-state index is 0.801. The maximum Gasteiger partial charge on any atom is 0.0594 e. The van der Waals surface area contributed by atoms with E-state index in [1.54, 1.807) is 0 Å². The summed E-state index contributed by atoms with van der Waals surface area (Å²) in [7, 11) is 4.19. The molecular weight excluding hydrogens is 236 g/mol. The third-order valence-electron chi connectivity index (χ3n) is 3.09. The van der Waals surface area contributed by atoms with Crippen LogP contribution in [0.3, 0.4) is 0 Å². The first-order chi connectivity index (χ1) is 8.91. The average Bonchev–Trinajstić information content (AvgIpc) is 2.28. The van der Waals surface area contributed by atoms with E-state index in [0.717, 1.165) is 38.1 Å². The summed E-state index contributed by atoms with van der Waals surface area (Å²) in [5.74, 6) is 1.65. The molecular formula is C16H36N2O. The number of hydrogen-bond donors (Lipinski definition) is 0. The molecule has 1 fully saturated rings. The van der Waals surface area contributed by atoms with Crippen LogP contribution in [-0.4, -0.2) is 63.3 Å². The zero-order chi connectivity index (χ0) is 14.7. The lowest BCUT2D eigenvalue weighted by atomic mass is 10.1. The van der Waals surface area contributed by atoms with E-state index in [-0.39, 0.29) is 0 Å². The first kappa shape index (κ1) is 18.9. The molecule has 0 aromatic heterocycles. The Morgan fingerprint density at radius 1 is 1.00 bits per heavy atom. The van der Waals surface area contributed by atoms with Gasteiger partial charge in [0.2, 0.25) is 0 Å². The van der Waals surface area contributed by atoms with Gasteiger partial charge in [-0.2, -0.15) is 0 Å². The van der Waals surface area contributed by atoms with E-state index in [4.69, 9.17) is 4.74 Å². The van der Waals surface area contributed by atoms with Crippen LogP contribution in [0.1, 0.15) is 40.5 Å². The Balaban J connectivity index is 0.000000399. The van der Waals surface area contributed by atoms with Gasteiger partial charge < -0.3 is 9.64 Å². The van der Waals surface area contributed by atoms with Crippen LogP contribution < -0.4 is 0 Å². The molecule has 0 aliphatic carbocycles. The number of nitrogens with zero attached hydrogens (tertiary/aromatic N) is 2. The van der Waals surface area contributed by atoms with Crippen LogP contribution in [0.15, 0.2) is 0 Å². The van der Waals surface area contributed by atoms with Gasteiger partial charge in [0.25, 0.3) is 0 Å². The van der Waals surface area contributed by atoms with Crippen molar-refractivity contribution >= 4 is 0 Å². The Morgan fingerprint density at radius 3 is 1.95 bits per heavy atom. The second-order valence-electron chi connectivity index (χ2n) is 6.65. The molecule has 1 aliphatic rings. The summed E-state index contributed by atoms with van der Waals surface area (Å²) in [6.45, 7) is 15.6. The Kier molecular flexibility index (Phi) is 11.6. The number of morpholine rings is 1. The van der Waals surface area contributed by atoms with Gasteiger partial charge in [-0.3, -0.25) is 4.90 Å². The summed E-state index contributed by atoms with van der Waals surface area (Å²) in [5.41, 5.74) is 0. The molecule has 0 radical (unpaired) electrons. The SMILES string of the molecule is CC(C)CCCN1CCOCC1.CC(C)CN(C)C. The fourth-order valence-corrected chi connectivity index (χ4v) is 2.28. The van der Waals surface area contributed by atoms with Crippen molar-refractivity contribution in [3.8, 4) is 0 Å². The molecule has 116 valence electrons. The molecule has 1 heterocycles. The molecule has 1 rings (SSSR count). The highest BCUT2D eigenvalue weighted by Gasteiger charge is 2.09. The van der Waals surface area contributed by atoms with E-state index in [0.29, 0.717) is 0 Å².